The highest BCUT2D eigenvalue weighted by atomic mass is 16.4. The molecule has 17 heavy (non-hydrogen) atoms. The van der Waals surface area contributed by atoms with Gasteiger partial charge in [0, 0.05) is 24.2 Å². The number of fused-ring (bicyclic) bond motifs is 1. The van der Waals surface area contributed by atoms with Crippen molar-refractivity contribution in [2.75, 3.05) is 0 Å². The number of aromatic amines is 1. The molecule has 0 bridgehead atoms. The van der Waals surface area contributed by atoms with Crippen LogP contribution in [0, 0.1) is 0 Å². The Balaban J connectivity index is 1.99. The Morgan fingerprint density at radius 2 is 2.24 bits per heavy atom. The summed E-state index contributed by atoms with van der Waals surface area (Å²) >= 11 is 0. The molecule has 0 aliphatic heterocycles. The molecule has 1 unspecified atom stereocenters. The standard InChI is InChI=1S/C13H16N2O2/c14-11(3-4-13(16)17)7-9-1-2-10-5-6-15-12(10)8-9/h1-2,5-6,8,11,15H,3-4,7,14H2,(H,16,17). The van der Waals surface area contributed by atoms with Crippen LogP contribution in [0.5, 0.6) is 0 Å². The van der Waals surface area contributed by atoms with Crippen molar-refractivity contribution in [3.05, 3.63) is 36.0 Å². The van der Waals surface area contributed by atoms with Gasteiger partial charge in [0.25, 0.3) is 0 Å². The van der Waals surface area contributed by atoms with Crippen LogP contribution in [0.15, 0.2) is 30.5 Å². The Morgan fingerprint density at radius 1 is 1.41 bits per heavy atom. The highest BCUT2D eigenvalue weighted by molar-refractivity contribution is 5.79. The fourth-order valence-corrected chi connectivity index (χ4v) is 1.94. The number of hydrogen-bond acceptors (Lipinski definition) is 2. The van der Waals surface area contributed by atoms with Gasteiger partial charge >= 0.3 is 5.97 Å². The van der Waals surface area contributed by atoms with E-state index in [2.05, 4.69) is 11.1 Å². The Morgan fingerprint density at radius 3 is 3.00 bits per heavy atom. The summed E-state index contributed by atoms with van der Waals surface area (Å²) in [5.74, 6) is -0.791. The number of rotatable bonds is 5. The molecule has 0 aliphatic carbocycles. The number of H-pyrrole nitrogens is 1. The summed E-state index contributed by atoms with van der Waals surface area (Å²) in [6.45, 7) is 0. The molecule has 4 nitrogen and oxygen atoms in total. The van der Waals surface area contributed by atoms with E-state index in [1.165, 1.54) is 5.39 Å². The van der Waals surface area contributed by atoms with Gasteiger partial charge in [0.2, 0.25) is 0 Å². The van der Waals surface area contributed by atoms with Crippen molar-refractivity contribution in [3.8, 4) is 0 Å². The van der Waals surface area contributed by atoms with Crippen LogP contribution in [0.4, 0.5) is 0 Å². The number of aliphatic carboxylic acids is 1. The lowest BCUT2D eigenvalue weighted by atomic mass is 10.0. The third-order valence-corrected chi connectivity index (χ3v) is 2.85. The molecule has 1 aromatic heterocycles. The second-order valence-electron chi connectivity index (χ2n) is 4.30. The first-order chi connectivity index (χ1) is 8.15. The minimum absolute atomic E-state index is 0.0986. The molecule has 1 atom stereocenters. The van der Waals surface area contributed by atoms with E-state index in [4.69, 9.17) is 10.8 Å². The first kappa shape index (κ1) is 11.7. The van der Waals surface area contributed by atoms with Gasteiger partial charge in [-0.25, -0.2) is 0 Å². The summed E-state index contributed by atoms with van der Waals surface area (Å²) in [5, 5.41) is 9.76. The minimum atomic E-state index is -0.791. The number of carboxylic acid groups (broad SMARTS) is 1. The summed E-state index contributed by atoms with van der Waals surface area (Å²) in [5.41, 5.74) is 8.13. The fraction of sp³-hybridized carbons (Fsp3) is 0.308. The highest BCUT2D eigenvalue weighted by Gasteiger charge is 2.07. The molecule has 0 saturated heterocycles. The second kappa shape index (κ2) is 5.01. The van der Waals surface area contributed by atoms with E-state index < -0.39 is 5.97 Å². The minimum Gasteiger partial charge on any atom is -0.481 e. The van der Waals surface area contributed by atoms with E-state index in [0.717, 1.165) is 11.1 Å². The zero-order valence-corrected chi connectivity index (χ0v) is 9.52. The number of nitrogens with one attached hydrogen (secondary N) is 1. The van der Waals surface area contributed by atoms with E-state index in [0.29, 0.717) is 12.8 Å². The van der Waals surface area contributed by atoms with Crippen molar-refractivity contribution < 1.29 is 9.90 Å². The largest absolute Gasteiger partial charge is 0.481 e. The smallest absolute Gasteiger partial charge is 0.303 e. The van der Waals surface area contributed by atoms with Crippen molar-refractivity contribution in [1.82, 2.24) is 4.98 Å². The number of benzene rings is 1. The van der Waals surface area contributed by atoms with Crippen LogP contribution in [-0.2, 0) is 11.2 Å². The molecule has 4 N–H and O–H groups in total. The molecule has 1 aromatic carbocycles. The van der Waals surface area contributed by atoms with Crippen LogP contribution in [0.2, 0.25) is 0 Å². The van der Waals surface area contributed by atoms with Gasteiger partial charge in [-0.05, 0) is 35.9 Å². The van der Waals surface area contributed by atoms with Crippen LogP contribution in [0.1, 0.15) is 18.4 Å². The third-order valence-electron chi connectivity index (χ3n) is 2.85. The summed E-state index contributed by atoms with van der Waals surface area (Å²) in [6, 6.07) is 8.07. The number of aromatic nitrogens is 1. The number of carbonyl (C=O) groups is 1. The van der Waals surface area contributed by atoms with Crippen molar-refractivity contribution in [2.24, 2.45) is 5.73 Å². The molecule has 2 aromatic rings. The summed E-state index contributed by atoms with van der Waals surface area (Å²) < 4.78 is 0. The molecule has 2 rings (SSSR count). The van der Waals surface area contributed by atoms with Crippen LogP contribution < -0.4 is 5.73 Å². The molecule has 1 heterocycles. The number of hydrogen-bond donors (Lipinski definition) is 3. The Hall–Kier alpha value is -1.81. The second-order valence-corrected chi connectivity index (χ2v) is 4.30. The zero-order valence-electron chi connectivity index (χ0n) is 9.52. The van der Waals surface area contributed by atoms with Gasteiger partial charge in [-0.3, -0.25) is 4.79 Å². The molecular formula is C13H16N2O2. The quantitative estimate of drug-likeness (QED) is 0.736. The number of carboxylic acids is 1. The fourth-order valence-electron chi connectivity index (χ4n) is 1.94. The van der Waals surface area contributed by atoms with Gasteiger partial charge in [-0.2, -0.15) is 0 Å². The first-order valence-corrected chi connectivity index (χ1v) is 5.68. The van der Waals surface area contributed by atoms with E-state index in [-0.39, 0.29) is 12.5 Å². The Kier molecular flexibility index (Phi) is 3.44. The van der Waals surface area contributed by atoms with Gasteiger partial charge < -0.3 is 15.8 Å². The lowest BCUT2D eigenvalue weighted by Crippen LogP contribution is -2.23. The monoisotopic (exact) mass is 232 g/mol. The van der Waals surface area contributed by atoms with E-state index in [1.54, 1.807) is 0 Å². The average molecular weight is 232 g/mol. The molecule has 0 saturated carbocycles. The lowest BCUT2D eigenvalue weighted by molar-refractivity contribution is -0.137. The van der Waals surface area contributed by atoms with Gasteiger partial charge in [-0.15, -0.1) is 0 Å². The van der Waals surface area contributed by atoms with E-state index in [9.17, 15) is 4.79 Å². The van der Waals surface area contributed by atoms with Crippen LogP contribution in [0.25, 0.3) is 10.9 Å². The molecule has 4 heteroatoms. The molecular weight excluding hydrogens is 216 g/mol. The van der Waals surface area contributed by atoms with Gasteiger partial charge in [0.1, 0.15) is 0 Å². The van der Waals surface area contributed by atoms with Gasteiger partial charge in [0.05, 0.1) is 0 Å². The topological polar surface area (TPSA) is 79.1 Å². The Labute approximate surface area is 99.4 Å². The van der Waals surface area contributed by atoms with Crippen LogP contribution in [-0.4, -0.2) is 22.1 Å². The predicted octanol–water partition coefficient (Wildman–Crippen LogP) is 1.90. The lowest BCUT2D eigenvalue weighted by Gasteiger charge is -2.10. The molecule has 0 fully saturated rings. The number of nitrogens with two attached hydrogens (primary N) is 1. The highest BCUT2D eigenvalue weighted by Crippen LogP contribution is 2.15. The molecule has 0 radical (unpaired) electrons. The molecule has 0 spiro atoms. The average Bonchev–Trinajstić information content (AvgIpc) is 2.73. The van der Waals surface area contributed by atoms with Crippen LogP contribution >= 0.6 is 0 Å². The molecule has 0 amide bonds. The molecule has 90 valence electrons. The van der Waals surface area contributed by atoms with Crippen molar-refractivity contribution in [3.63, 3.8) is 0 Å². The predicted molar refractivity (Wildman–Crippen MR) is 66.8 cm³/mol. The van der Waals surface area contributed by atoms with Gasteiger partial charge in [-0.1, -0.05) is 12.1 Å². The van der Waals surface area contributed by atoms with Gasteiger partial charge in [0.15, 0.2) is 0 Å². The molecule has 0 aliphatic rings. The zero-order chi connectivity index (χ0) is 12.3. The van der Waals surface area contributed by atoms with Crippen LogP contribution in [0.3, 0.4) is 0 Å². The summed E-state index contributed by atoms with van der Waals surface area (Å²) in [6.07, 6.45) is 3.26. The van der Waals surface area contributed by atoms with Crippen molar-refractivity contribution >= 4 is 16.9 Å². The maximum atomic E-state index is 10.4. The first-order valence-electron chi connectivity index (χ1n) is 5.68. The normalized spacial score (nSPS) is 12.8. The Bertz CT molecular complexity index is 519. The van der Waals surface area contributed by atoms with Crippen molar-refractivity contribution in [2.45, 2.75) is 25.3 Å². The third kappa shape index (κ3) is 3.07. The maximum Gasteiger partial charge on any atom is 0.303 e. The SMILES string of the molecule is NC(CCC(=O)O)Cc1ccc2cc[nH]c2c1. The maximum absolute atomic E-state index is 10.4. The van der Waals surface area contributed by atoms with E-state index in [1.807, 2.05) is 24.4 Å². The summed E-state index contributed by atoms with van der Waals surface area (Å²) in [4.78, 5) is 13.6. The van der Waals surface area contributed by atoms with Crippen molar-refractivity contribution in [1.29, 1.82) is 0 Å². The van der Waals surface area contributed by atoms with E-state index >= 15 is 0 Å². The summed E-state index contributed by atoms with van der Waals surface area (Å²) in [7, 11) is 0.